The molecule has 0 unspecified atom stereocenters. The summed E-state index contributed by atoms with van der Waals surface area (Å²) in [4.78, 5) is 25.2. The molecule has 4 aromatic rings. The Hall–Kier alpha value is -4.46. The predicted octanol–water partition coefficient (Wildman–Crippen LogP) is 3.57. The van der Waals surface area contributed by atoms with E-state index in [-0.39, 0.29) is 11.9 Å². The summed E-state index contributed by atoms with van der Waals surface area (Å²) in [6.45, 7) is 0.464. The largest absolute Gasteiger partial charge is 0.397 e. The lowest BCUT2D eigenvalue weighted by atomic mass is 10.1. The zero-order chi connectivity index (χ0) is 21.6. The molecule has 0 atom stereocenters. The smallest absolute Gasteiger partial charge is 0.255 e. The Balaban J connectivity index is 1.41. The molecular formula is C23H21N7O. The molecule has 8 heteroatoms. The van der Waals surface area contributed by atoms with Gasteiger partial charge in [-0.1, -0.05) is 54.6 Å². The van der Waals surface area contributed by atoms with Gasteiger partial charge >= 0.3 is 0 Å². The molecule has 0 fully saturated rings. The quantitative estimate of drug-likeness (QED) is 0.357. The van der Waals surface area contributed by atoms with Crippen LogP contribution in [0.1, 0.15) is 15.9 Å². The van der Waals surface area contributed by atoms with Crippen LogP contribution in [0, 0.1) is 0 Å². The highest BCUT2D eigenvalue weighted by Gasteiger charge is 2.09. The number of hydrogen-bond acceptors (Lipinski definition) is 7. The first-order chi connectivity index (χ1) is 15.1. The van der Waals surface area contributed by atoms with Crippen molar-refractivity contribution in [3.05, 3.63) is 90.0 Å². The minimum Gasteiger partial charge on any atom is -0.397 e. The van der Waals surface area contributed by atoms with Gasteiger partial charge in [-0.25, -0.2) is 0 Å². The summed E-state index contributed by atoms with van der Waals surface area (Å²) < 4.78 is 0. The van der Waals surface area contributed by atoms with E-state index in [2.05, 4.69) is 25.6 Å². The van der Waals surface area contributed by atoms with E-state index >= 15 is 0 Å². The number of hydrogen-bond donors (Lipinski definition) is 4. The second-order valence-corrected chi connectivity index (χ2v) is 6.80. The Morgan fingerprint density at radius 3 is 2.26 bits per heavy atom. The van der Waals surface area contributed by atoms with E-state index in [9.17, 15) is 4.79 Å². The highest BCUT2D eigenvalue weighted by molar-refractivity contribution is 6.05. The van der Waals surface area contributed by atoms with Crippen LogP contribution < -0.4 is 22.1 Å². The van der Waals surface area contributed by atoms with Crippen LogP contribution in [-0.4, -0.2) is 20.9 Å². The van der Waals surface area contributed by atoms with Crippen LogP contribution in [0.5, 0.6) is 0 Å². The Labute approximate surface area is 179 Å². The SMILES string of the molecule is Nc1nc(NCc2ccc(C(=O)Nc3ccccc3N)cc2)nc(-c2ccccc2)n1. The molecule has 0 spiro atoms. The Kier molecular flexibility index (Phi) is 5.70. The molecule has 0 bridgehead atoms. The monoisotopic (exact) mass is 411 g/mol. The van der Waals surface area contributed by atoms with Crippen molar-refractivity contribution in [1.29, 1.82) is 0 Å². The molecule has 0 aliphatic carbocycles. The summed E-state index contributed by atoms with van der Waals surface area (Å²) in [7, 11) is 0. The highest BCUT2D eigenvalue weighted by Crippen LogP contribution is 2.19. The van der Waals surface area contributed by atoms with Crippen LogP contribution in [0.4, 0.5) is 23.3 Å². The van der Waals surface area contributed by atoms with E-state index < -0.39 is 0 Å². The number of nitrogens with two attached hydrogens (primary N) is 2. The summed E-state index contributed by atoms with van der Waals surface area (Å²) in [5.74, 6) is 0.800. The van der Waals surface area contributed by atoms with Gasteiger partial charge in [0.1, 0.15) is 0 Å². The Bertz CT molecular complexity index is 1190. The van der Waals surface area contributed by atoms with Crippen LogP contribution >= 0.6 is 0 Å². The average Bonchev–Trinajstić information content (AvgIpc) is 2.80. The first-order valence-corrected chi connectivity index (χ1v) is 9.64. The fourth-order valence-corrected chi connectivity index (χ4v) is 2.95. The lowest BCUT2D eigenvalue weighted by Crippen LogP contribution is -2.13. The summed E-state index contributed by atoms with van der Waals surface area (Å²) in [6, 6.07) is 23.9. The third-order valence-corrected chi connectivity index (χ3v) is 4.56. The van der Waals surface area contributed by atoms with Gasteiger partial charge in [0.15, 0.2) is 5.82 Å². The van der Waals surface area contributed by atoms with E-state index in [1.54, 1.807) is 24.3 Å². The third-order valence-electron chi connectivity index (χ3n) is 4.56. The molecule has 0 radical (unpaired) electrons. The van der Waals surface area contributed by atoms with Gasteiger partial charge in [0.2, 0.25) is 11.9 Å². The van der Waals surface area contributed by atoms with Crippen molar-refractivity contribution in [3.63, 3.8) is 0 Å². The first kappa shape index (κ1) is 19.8. The molecule has 0 saturated carbocycles. The van der Waals surface area contributed by atoms with Crippen molar-refractivity contribution in [2.75, 3.05) is 22.1 Å². The van der Waals surface area contributed by atoms with Crippen LogP contribution in [0.25, 0.3) is 11.4 Å². The van der Waals surface area contributed by atoms with Gasteiger partial charge < -0.3 is 22.1 Å². The van der Waals surface area contributed by atoms with Gasteiger partial charge in [-0.3, -0.25) is 4.79 Å². The van der Waals surface area contributed by atoms with Crippen molar-refractivity contribution in [3.8, 4) is 11.4 Å². The van der Waals surface area contributed by atoms with Crippen molar-refractivity contribution in [2.45, 2.75) is 6.54 Å². The Morgan fingerprint density at radius 2 is 1.52 bits per heavy atom. The zero-order valence-corrected chi connectivity index (χ0v) is 16.6. The molecule has 0 aliphatic rings. The summed E-state index contributed by atoms with van der Waals surface area (Å²) in [5, 5.41) is 5.96. The second-order valence-electron chi connectivity index (χ2n) is 6.80. The van der Waals surface area contributed by atoms with Gasteiger partial charge in [0.25, 0.3) is 5.91 Å². The average molecular weight is 411 g/mol. The molecule has 1 heterocycles. The molecule has 1 aromatic heterocycles. The van der Waals surface area contributed by atoms with Crippen molar-refractivity contribution < 1.29 is 4.79 Å². The maximum atomic E-state index is 12.4. The molecule has 3 aromatic carbocycles. The Morgan fingerprint density at radius 1 is 0.806 bits per heavy atom. The minimum absolute atomic E-state index is 0.142. The van der Waals surface area contributed by atoms with Crippen molar-refractivity contribution in [2.24, 2.45) is 0 Å². The molecule has 1 amide bonds. The number of benzene rings is 3. The van der Waals surface area contributed by atoms with E-state index in [0.29, 0.717) is 35.3 Å². The normalized spacial score (nSPS) is 10.5. The molecule has 0 saturated heterocycles. The second kappa shape index (κ2) is 8.91. The number of rotatable bonds is 6. The third kappa shape index (κ3) is 4.94. The molecule has 0 aliphatic heterocycles. The van der Waals surface area contributed by atoms with E-state index in [4.69, 9.17) is 11.5 Å². The summed E-state index contributed by atoms with van der Waals surface area (Å²) in [5.41, 5.74) is 15.2. The number of nitrogens with one attached hydrogen (secondary N) is 2. The number of nitrogen functional groups attached to an aromatic ring is 2. The number of para-hydroxylation sites is 2. The molecule has 8 nitrogen and oxygen atoms in total. The molecule has 6 N–H and O–H groups in total. The van der Waals surface area contributed by atoms with Crippen LogP contribution in [0.2, 0.25) is 0 Å². The van der Waals surface area contributed by atoms with Crippen LogP contribution in [-0.2, 0) is 6.54 Å². The van der Waals surface area contributed by atoms with Gasteiger partial charge in [0, 0.05) is 17.7 Å². The topological polar surface area (TPSA) is 132 Å². The summed E-state index contributed by atoms with van der Waals surface area (Å²) >= 11 is 0. The van der Waals surface area contributed by atoms with E-state index in [1.807, 2.05) is 54.6 Å². The van der Waals surface area contributed by atoms with Gasteiger partial charge in [-0.05, 0) is 29.8 Å². The molecule has 154 valence electrons. The lowest BCUT2D eigenvalue weighted by molar-refractivity contribution is 0.102. The fourth-order valence-electron chi connectivity index (χ4n) is 2.95. The lowest BCUT2D eigenvalue weighted by Gasteiger charge is -2.09. The fraction of sp³-hybridized carbons (Fsp3) is 0.0435. The number of anilines is 4. The molecular weight excluding hydrogens is 390 g/mol. The van der Waals surface area contributed by atoms with Gasteiger partial charge in [0.05, 0.1) is 11.4 Å². The number of carbonyl (C=O) groups is 1. The van der Waals surface area contributed by atoms with Crippen LogP contribution in [0.15, 0.2) is 78.9 Å². The number of carbonyl (C=O) groups excluding carboxylic acids is 1. The maximum absolute atomic E-state index is 12.4. The van der Waals surface area contributed by atoms with Crippen molar-refractivity contribution >= 4 is 29.2 Å². The van der Waals surface area contributed by atoms with Gasteiger partial charge in [-0.15, -0.1) is 0 Å². The number of aromatic nitrogens is 3. The molecule has 4 rings (SSSR count). The zero-order valence-electron chi connectivity index (χ0n) is 16.6. The number of nitrogens with zero attached hydrogens (tertiary/aromatic N) is 3. The van der Waals surface area contributed by atoms with Gasteiger partial charge in [-0.2, -0.15) is 15.0 Å². The standard InChI is InChI=1S/C23H21N7O/c24-18-8-4-5-9-19(18)27-21(31)17-12-10-15(11-13-17)14-26-23-29-20(28-22(25)30-23)16-6-2-1-3-7-16/h1-13H,14,24H2,(H,27,31)(H3,25,26,28,29,30). The van der Waals surface area contributed by atoms with Crippen molar-refractivity contribution in [1.82, 2.24) is 15.0 Å². The maximum Gasteiger partial charge on any atom is 0.255 e. The minimum atomic E-state index is -0.227. The van der Waals surface area contributed by atoms with E-state index in [1.165, 1.54) is 0 Å². The van der Waals surface area contributed by atoms with Crippen LogP contribution in [0.3, 0.4) is 0 Å². The summed E-state index contributed by atoms with van der Waals surface area (Å²) in [6.07, 6.45) is 0. The predicted molar refractivity (Wildman–Crippen MR) is 122 cm³/mol. The highest BCUT2D eigenvalue weighted by atomic mass is 16.1. The first-order valence-electron chi connectivity index (χ1n) is 9.64. The van der Waals surface area contributed by atoms with E-state index in [0.717, 1.165) is 11.1 Å². The molecule has 31 heavy (non-hydrogen) atoms. The number of amides is 1.